The number of imidazole rings is 1. The fourth-order valence-corrected chi connectivity index (χ4v) is 1.46. The van der Waals surface area contributed by atoms with Gasteiger partial charge in [-0.05, 0) is 21.0 Å². The summed E-state index contributed by atoms with van der Waals surface area (Å²) in [6.07, 6.45) is 4.38. The molecule has 0 fully saturated rings. The van der Waals surface area contributed by atoms with Crippen molar-refractivity contribution in [3.05, 3.63) is 18.2 Å². The van der Waals surface area contributed by atoms with Gasteiger partial charge in [0.25, 0.3) is 0 Å². The van der Waals surface area contributed by atoms with E-state index in [4.69, 9.17) is 0 Å². The van der Waals surface area contributed by atoms with E-state index in [2.05, 4.69) is 4.98 Å². The lowest BCUT2D eigenvalue weighted by Crippen LogP contribution is -2.36. The predicted octanol–water partition coefficient (Wildman–Crippen LogP) is 0.482. The number of aryl methyl sites for hydroxylation is 1. The molecule has 0 aliphatic heterocycles. The third-order valence-corrected chi connectivity index (χ3v) is 2.25. The number of rotatable bonds is 4. The highest BCUT2D eigenvalue weighted by Gasteiger charge is 2.17. The topological polar surface area (TPSA) is 38.1 Å². The number of Topliss-reactive ketones (excluding diaryl/α,β-unsaturated/α-hetero) is 1. The van der Waals surface area contributed by atoms with Gasteiger partial charge in [0, 0.05) is 19.7 Å². The predicted molar refractivity (Wildman–Crippen MR) is 55.1 cm³/mol. The third kappa shape index (κ3) is 2.67. The first kappa shape index (κ1) is 10.9. The van der Waals surface area contributed by atoms with Gasteiger partial charge in [0.15, 0.2) is 0 Å². The largest absolute Gasteiger partial charge is 0.340 e. The monoisotopic (exact) mass is 195 g/mol. The van der Waals surface area contributed by atoms with E-state index in [1.807, 2.05) is 36.8 Å². The fraction of sp³-hybridized carbons (Fsp3) is 0.600. The minimum Gasteiger partial charge on any atom is -0.340 e. The summed E-state index contributed by atoms with van der Waals surface area (Å²) in [5.74, 6) is 0.181. The molecule has 0 aliphatic rings. The molecule has 0 amide bonds. The van der Waals surface area contributed by atoms with E-state index in [-0.39, 0.29) is 11.8 Å². The molecule has 1 heterocycles. The Bertz CT molecular complexity index is 317. The number of hydrogen-bond donors (Lipinski definition) is 0. The molecule has 0 spiro atoms. The average Bonchev–Trinajstić information content (AvgIpc) is 2.46. The lowest BCUT2D eigenvalue weighted by atomic mass is 10.1. The van der Waals surface area contributed by atoms with Gasteiger partial charge in [0.1, 0.15) is 5.78 Å². The average molecular weight is 195 g/mol. The summed E-state index contributed by atoms with van der Waals surface area (Å²) in [5, 5.41) is 0. The normalized spacial score (nSPS) is 13.2. The molecular formula is C10H17N3O. The van der Waals surface area contributed by atoms with Crippen LogP contribution in [-0.2, 0) is 18.3 Å². The third-order valence-electron chi connectivity index (χ3n) is 2.25. The van der Waals surface area contributed by atoms with Crippen LogP contribution >= 0.6 is 0 Å². The second-order valence-corrected chi connectivity index (χ2v) is 3.82. The molecule has 4 nitrogen and oxygen atoms in total. The van der Waals surface area contributed by atoms with Gasteiger partial charge in [-0.25, -0.2) is 4.98 Å². The van der Waals surface area contributed by atoms with Crippen LogP contribution in [0.4, 0.5) is 0 Å². The maximum Gasteiger partial charge on any atom is 0.147 e. The molecule has 1 aromatic rings. The zero-order chi connectivity index (χ0) is 10.7. The molecule has 0 saturated heterocycles. The van der Waals surface area contributed by atoms with Gasteiger partial charge >= 0.3 is 0 Å². The van der Waals surface area contributed by atoms with Crippen molar-refractivity contribution in [1.29, 1.82) is 0 Å². The summed E-state index contributed by atoms with van der Waals surface area (Å²) in [6, 6.07) is -0.0649. The molecule has 0 radical (unpaired) electrons. The van der Waals surface area contributed by atoms with Crippen LogP contribution in [0.2, 0.25) is 0 Å². The lowest BCUT2D eigenvalue weighted by molar-refractivity contribution is -0.121. The Morgan fingerprint density at radius 2 is 2.29 bits per heavy atom. The van der Waals surface area contributed by atoms with Gasteiger partial charge in [-0.2, -0.15) is 0 Å². The van der Waals surface area contributed by atoms with Crippen LogP contribution in [0.15, 0.2) is 12.5 Å². The Morgan fingerprint density at radius 3 is 2.64 bits per heavy atom. The minimum absolute atomic E-state index is 0.0649. The number of carbonyl (C=O) groups is 1. The standard InChI is InChI=1S/C10H17N3O/c1-8(14)10(12(2)3)5-9-6-13(4)7-11-9/h6-7,10H,5H2,1-4H3/t10-/m0/s1. The SMILES string of the molecule is CC(=O)[C@H](Cc1cn(C)cn1)N(C)C. The number of carbonyl (C=O) groups excluding carboxylic acids is 1. The molecular weight excluding hydrogens is 178 g/mol. The Morgan fingerprint density at radius 1 is 1.64 bits per heavy atom. The van der Waals surface area contributed by atoms with Crippen LogP contribution in [0.5, 0.6) is 0 Å². The molecule has 0 N–H and O–H groups in total. The molecule has 0 saturated carbocycles. The lowest BCUT2D eigenvalue weighted by Gasteiger charge is -2.20. The maximum atomic E-state index is 11.3. The number of aromatic nitrogens is 2. The van der Waals surface area contributed by atoms with Gasteiger partial charge in [-0.15, -0.1) is 0 Å². The fourth-order valence-electron chi connectivity index (χ4n) is 1.46. The van der Waals surface area contributed by atoms with Gasteiger partial charge < -0.3 is 4.57 Å². The zero-order valence-electron chi connectivity index (χ0n) is 9.19. The van der Waals surface area contributed by atoms with Crippen LogP contribution in [-0.4, -0.2) is 40.4 Å². The van der Waals surface area contributed by atoms with E-state index in [1.165, 1.54) is 0 Å². The molecule has 14 heavy (non-hydrogen) atoms. The second-order valence-electron chi connectivity index (χ2n) is 3.82. The van der Waals surface area contributed by atoms with Crippen molar-refractivity contribution < 1.29 is 4.79 Å². The van der Waals surface area contributed by atoms with E-state index in [9.17, 15) is 4.79 Å². The summed E-state index contributed by atoms with van der Waals surface area (Å²) in [4.78, 5) is 17.5. The molecule has 0 bridgehead atoms. The van der Waals surface area contributed by atoms with Crippen LogP contribution in [0.3, 0.4) is 0 Å². The number of nitrogens with zero attached hydrogens (tertiary/aromatic N) is 3. The Hall–Kier alpha value is -1.16. The quantitative estimate of drug-likeness (QED) is 0.701. The Balaban J connectivity index is 2.69. The number of hydrogen-bond acceptors (Lipinski definition) is 3. The van der Waals surface area contributed by atoms with Crippen molar-refractivity contribution in [1.82, 2.24) is 14.5 Å². The molecule has 1 aromatic heterocycles. The first-order chi connectivity index (χ1) is 6.50. The van der Waals surface area contributed by atoms with Crippen molar-refractivity contribution in [2.24, 2.45) is 7.05 Å². The summed E-state index contributed by atoms with van der Waals surface area (Å²) < 4.78 is 1.89. The Kier molecular flexibility index (Phi) is 3.41. The Labute approximate surface area is 84.5 Å². The maximum absolute atomic E-state index is 11.3. The van der Waals surface area contributed by atoms with E-state index in [0.29, 0.717) is 6.42 Å². The van der Waals surface area contributed by atoms with Gasteiger partial charge in [-0.1, -0.05) is 0 Å². The van der Waals surface area contributed by atoms with E-state index < -0.39 is 0 Å². The van der Waals surface area contributed by atoms with Crippen molar-refractivity contribution >= 4 is 5.78 Å². The highest BCUT2D eigenvalue weighted by atomic mass is 16.1. The minimum atomic E-state index is -0.0649. The highest BCUT2D eigenvalue weighted by molar-refractivity contribution is 5.81. The van der Waals surface area contributed by atoms with Gasteiger partial charge in [0.2, 0.25) is 0 Å². The molecule has 0 unspecified atom stereocenters. The molecule has 1 atom stereocenters. The van der Waals surface area contributed by atoms with Crippen molar-refractivity contribution in [3.63, 3.8) is 0 Å². The van der Waals surface area contributed by atoms with Crippen molar-refractivity contribution in [2.75, 3.05) is 14.1 Å². The zero-order valence-corrected chi connectivity index (χ0v) is 9.19. The molecule has 78 valence electrons. The van der Waals surface area contributed by atoms with Crippen LogP contribution < -0.4 is 0 Å². The second kappa shape index (κ2) is 4.37. The summed E-state index contributed by atoms with van der Waals surface area (Å²) >= 11 is 0. The van der Waals surface area contributed by atoms with Gasteiger partial charge in [0.05, 0.1) is 18.1 Å². The summed E-state index contributed by atoms with van der Waals surface area (Å²) in [5.41, 5.74) is 0.960. The molecule has 4 heteroatoms. The highest BCUT2D eigenvalue weighted by Crippen LogP contribution is 2.05. The van der Waals surface area contributed by atoms with Crippen LogP contribution in [0.1, 0.15) is 12.6 Å². The number of likely N-dealkylation sites (N-methyl/N-ethyl adjacent to an activating group) is 1. The smallest absolute Gasteiger partial charge is 0.147 e. The molecule has 0 aliphatic carbocycles. The van der Waals surface area contributed by atoms with Crippen molar-refractivity contribution in [3.8, 4) is 0 Å². The molecule has 1 rings (SSSR count). The van der Waals surface area contributed by atoms with Crippen molar-refractivity contribution in [2.45, 2.75) is 19.4 Å². The van der Waals surface area contributed by atoms with E-state index in [1.54, 1.807) is 13.3 Å². The first-order valence-electron chi connectivity index (χ1n) is 4.64. The van der Waals surface area contributed by atoms with E-state index >= 15 is 0 Å². The number of ketones is 1. The van der Waals surface area contributed by atoms with Crippen LogP contribution in [0, 0.1) is 0 Å². The molecule has 0 aromatic carbocycles. The first-order valence-corrected chi connectivity index (χ1v) is 4.64. The van der Waals surface area contributed by atoms with E-state index in [0.717, 1.165) is 5.69 Å². The van der Waals surface area contributed by atoms with Gasteiger partial charge in [-0.3, -0.25) is 9.69 Å². The summed E-state index contributed by atoms with van der Waals surface area (Å²) in [6.45, 7) is 1.62. The van der Waals surface area contributed by atoms with Crippen LogP contribution in [0.25, 0.3) is 0 Å². The summed E-state index contributed by atoms with van der Waals surface area (Å²) in [7, 11) is 5.75.